The molecule has 0 radical (unpaired) electrons. The minimum atomic E-state index is 0. The Labute approximate surface area is 114 Å². The molecule has 0 saturated heterocycles. The molecule has 92 valence electrons. The van der Waals surface area contributed by atoms with Crippen LogP contribution in [0, 0.1) is 5.41 Å². The molecule has 17 heavy (non-hydrogen) atoms. The summed E-state index contributed by atoms with van der Waals surface area (Å²) in [5, 5.41) is 8.22. The molecule has 4 nitrogen and oxygen atoms in total. The van der Waals surface area contributed by atoms with Gasteiger partial charge in [-0.25, -0.2) is 0 Å². The second-order valence-corrected chi connectivity index (χ2v) is 4.29. The molecule has 0 unspecified atom stereocenters. The predicted octanol–water partition coefficient (Wildman–Crippen LogP) is 3.15. The number of benzene rings is 1. The molecule has 0 amide bonds. The Hall–Kier alpha value is -1.14. The van der Waals surface area contributed by atoms with Gasteiger partial charge in [0.05, 0.1) is 12.9 Å². The number of methoxy groups -OCH3 is 1. The van der Waals surface area contributed by atoms with Gasteiger partial charge in [-0.2, -0.15) is 0 Å². The van der Waals surface area contributed by atoms with Gasteiger partial charge in [-0.3, -0.25) is 5.41 Å². The number of nitrogens with one attached hydrogen (secondary N) is 1. The number of rotatable bonds is 3. The summed E-state index contributed by atoms with van der Waals surface area (Å²) >= 11 is 1.25. The van der Waals surface area contributed by atoms with Crippen LogP contribution in [-0.4, -0.2) is 12.3 Å². The van der Waals surface area contributed by atoms with Crippen molar-refractivity contribution in [3.8, 4) is 5.75 Å². The van der Waals surface area contributed by atoms with Crippen molar-refractivity contribution < 1.29 is 9.15 Å². The highest BCUT2D eigenvalue weighted by atomic mass is 79.9. The van der Waals surface area contributed by atoms with Gasteiger partial charge in [0.15, 0.2) is 5.17 Å². The number of hydrogen-bond donors (Lipinski definition) is 2. The maximum atomic E-state index is 7.12. The molecule has 2 aromatic rings. The Balaban J connectivity index is 0.00000144. The lowest BCUT2D eigenvalue weighted by Crippen LogP contribution is -2.03. The molecule has 1 aromatic carbocycles. The van der Waals surface area contributed by atoms with Gasteiger partial charge in [0.2, 0.25) is 0 Å². The van der Waals surface area contributed by atoms with Crippen molar-refractivity contribution >= 4 is 44.9 Å². The largest absolute Gasteiger partial charge is 0.497 e. The molecule has 6 heteroatoms. The molecule has 1 heterocycles. The second-order valence-electron chi connectivity index (χ2n) is 3.27. The van der Waals surface area contributed by atoms with Crippen LogP contribution in [-0.2, 0) is 5.75 Å². The molecule has 3 N–H and O–H groups in total. The number of fused-ring (bicyclic) bond motifs is 1. The molecule has 1 aromatic heterocycles. The van der Waals surface area contributed by atoms with E-state index < -0.39 is 0 Å². The van der Waals surface area contributed by atoms with E-state index in [1.807, 2.05) is 24.3 Å². The Morgan fingerprint density at radius 2 is 2.24 bits per heavy atom. The summed E-state index contributed by atoms with van der Waals surface area (Å²) in [7, 11) is 1.63. The van der Waals surface area contributed by atoms with E-state index >= 15 is 0 Å². The molecule has 0 fully saturated rings. The van der Waals surface area contributed by atoms with E-state index in [0.717, 1.165) is 22.5 Å². The highest BCUT2D eigenvalue weighted by molar-refractivity contribution is 8.93. The Kier molecular flexibility index (Phi) is 4.89. The molecule has 0 aliphatic heterocycles. The molecule has 0 saturated carbocycles. The van der Waals surface area contributed by atoms with E-state index in [4.69, 9.17) is 20.3 Å². The van der Waals surface area contributed by atoms with Crippen LogP contribution in [0.15, 0.2) is 28.7 Å². The van der Waals surface area contributed by atoms with Gasteiger partial charge in [0.1, 0.15) is 17.1 Å². The highest BCUT2D eigenvalue weighted by Gasteiger charge is 2.05. The number of hydrogen-bond acceptors (Lipinski definition) is 4. The lowest BCUT2D eigenvalue weighted by molar-refractivity contribution is 0.415. The van der Waals surface area contributed by atoms with Crippen molar-refractivity contribution in [2.45, 2.75) is 5.75 Å². The van der Waals surface area contributed by atoms with Crippen LogP contribution >= 0.6 is 28.7 Å². The third-order valence-electron chi connectivity index (χ3n) is 2.14. The molecule has 0 bridgehead atoms. The van der Waals surface area contributed by atoms with E-state index in [9.17, 15) is 0 Å². The second kappa shape index (κ2) is 5.97. The standard InChI is InChI=1S/C11H12N2O2S.BrH/c1-14-8-2-3-10-7(4-8)5-9(15-10)6-16-11(12)13;/h2-5H,6H2,1H3,(H3,12,13);1H. The lowest BCUT2D eigenvalue weighted by Gasteiger charge is -1.96. The number of halogens is 1. The van der Waals surface area contributed by atoms with Crippen molar-refractivity contribution in [3.63, 3.8) is 0 Å². The summed E-state index contributed by atoms with van der Waals surface area (Å²) in [6.45, 7) is 0. The Morgan fingerprint density at radius 3 is 2.88 bits per heavy atom. The van der Waals surface area contributed by atoms with Crippen LogP contribution in [0.1, 0.15) is 5.76 Å². The van der Waals surface area contributed by atoms with Crippen LogP contribution in [0.4, 0.5) is 0 Å². The fraction of sp³-hybridized carbons (Fsp3) is 0.182. The van der Waals surface area contributed by atoms with Crippen LogP contribution in [0.2, 0.25) is 0 Å². The van der Waals surface area contributed by atoms with E-state index in [1.165, 1.54) is 11.8 Å². The number of furan rings is 1. The zero-order chi connectivity index (χ0) is 11.5. The molecule has 0 aliphatic rings. The Morgan fingerprint density at radius 1 is 1.47 bits per heavy atom. The predicted molar refractivity (Wildman–Crippen MR) is 76.3 cm³/mol. The SMILES string of the molecule is Br.COc1ccc2oc(CSC(=N)N)cc2c1. The van der Waals surface area contributed by atoms with Gasteiger partial charge in [0, 0.05) is 5.39 Å². The topological polar surface area (TPSA) is 72.2 Å². The summed E-state index contributed by atoms with van der Waals surface area (Å²) in [5.74, 6) is 2.19. The molecule has 0 atom stereocenters. The maximum absolute atomic E-state index is 7.12. The monoisotopic (exact) mass is 316 g/mol. The normalized spacial score (nSPS) is 9.94. The van der Waals surface area contributed by atoms with Gasteiger partial charge in [-0.1, -0.05) is 11.8 Å². The third kappa shape index (κ3) is 3.41. The van der Waals surface area contributed by atoms with Crippen molar-refractivity contribution in [2.75, 3.05) is 7.11 Å². The summed E-state index contributed by atoms with van der Waals surface area (Å²) in [6, 6.07) is 7.58. The first-order valence-electron chi connectivity index (χ1n) is 4.72. The fourth-order valence-corrected chi connectivity index (χ4v) is 1.86. The molecular formula is C11H13BrN2O2S. The van der Waals surface area contributed by atoms with E-state index in [1.54, 1.807) is 7.11 Å². The quantitative estimate of drug-likeness (QED) is 0.674. The van der Waals surface area contributed by atoms with Crippen molar-refractivity contribution in [1.29, 1.82) is 5.41 Å². The first-order chi connectivity index (χ1) is 7.69. The zero-order valence-corrected chi connectivity index (χ0v) is 11.8. The van der Waals surface area contributed by atoms with Crippen molar-refractivity contribution in [3.05, 3.63) is 30.0 Å². The first-order valence-corrected chi connectivity index (χ1v) is 5.71. The molecule has 0 aliphatic carbocycles. The van der Waals surface area contributed by atoms with Crippen LogP contribution in [0.3, 0.4) is 0 Å². The number of ether oxygens (including phenoxy) is 1. The van der Waals surface area contributed by atoms with Gasteiger partial charge in [-0.15, -0.1) is 17.0 Å². The lowest BCUT2D eigenvalue weighted by atomic mass is 10.2. The minimum absolute atomic E-state index is 0. The molecule has 0 spiro atoms. The van der Waals surface area contributed by atoms with Crippen LogP contribution in [0.5, 0.6) is 5.75 Å². The number of thioether (sulfide) groups is 1. The Bertz CT molecular complexity index is 527. The smallest absolute Gasteiger partial charge is 0.151 e. The zero-order valence-electron chi connectivity index (χ0n) is 9.23. The highest BCUT2D eigenvalue weighted by Crippen LogP contribution is 2.26. The fourth-order valence-electron chi connectivity index (χ4n) is 1.42. The summed E-state index contributed by atoms with van der Waals surface area (Å²) < 4.78 is 10.7. The van der Waals surface area contributed by atoms with E-state index in [0.29, 0.717) is 5.75 Å². The number of amidine groups is 1. The minimum Gasteiger partial charge on any atom is -0.497 e. The van der Waals surface area contributed by atoms with Crippen LogP contribution < -0.4 is 10.5 Å². The maximum Gasteiger partial charge on any atom is 0.151 e. The van der Waals surface area contributed by atoms with Crippen LogP contribution in [0.25, 0.3) is 11.0 Å². The average molecular weight is 317 g/mol. The van der Waals surface area contributed by atoms with E-state index in [-0.39, 0.29) is 22.1 Å². The molecular weight excluding hydrogens is 304 g/mol. The first kappa shape index (κ1) is 13.9. The van der Waals surface area contributed by atoms with Gasteiger partial charge in [0.25, 0.3) is 0 Å². The van der Waals surface area contributed by atoms with Gasteiger partial charge < -0.3 is 14.9 Å². The summed E-state index contributed by atoms with van der Waals surface area (Å²) in [6.07, 6.45) is 0. The van der Waals surface area contributed by atoms with E-state index in [2.05, 4.69) is 0 Å². The van der Waals surface area contributed by atoms with Gasteiger partial charge >= 0.3 is 0 Å². The van der Waals surface area contributed by atoms with Gasteiger partial charge in [-0.05, 0) is 24.3 Å². The average Bonchev–Trinajstić information content (AvgIpc) is 2.67. The summed E-state index contributed by atoms with van der Waals surface area (Å²) in [5.41, 5.74) is 6.08. The summed E-state index contributed by atoms with van der Waals surface area (Å²) in [4.78, 5) is 0. The van der Waals surface area contributed by atoms with Crippen molar-refractivity contribution in [1.82, 2.24) is 0 Å². The van der Waals surface area contributed by atoms with Crippen molar-refractivity contribution in [2.24, 2.45) is 5.73 Å². The molecule has 2 rings (SSSR count). The third-order valence-corrected chi connectivity index (χ3v) is 2.88. The number of nitrogens with two attached hydrogens (primary N) is 1.